The lowest BCUT2D eigenvalue weighted by atomic mass is 10.1. The number of aryl methyl sites for hydroxylation is 2. The number of hydrogen-bond acceptors (Lipinski definition) is 4. The van der Waals surface area contributed by atoms with Gasteiger partial charge in [-0.25, -0.2) is 0 Å². The molecular weight excluding hydrogens is 292 g/mol. The Bertz CT molecular complexity index is 694. The SMILES string of the molecule is CO[C@@H](C)c1cccc(NCC(=O)Nc2c(C)nn(C)c2C)c1. The van der Waals surface area contributed by atoms with E-state index in [1.54, 1.807) is 11.8 Å². The van der Waals surface area contributed by atoms with E-state index in [2.05, 4.69) is 15.7 Å². The molecular formula is C17H24N4O2. The van der Waals surface area contributed by atoms with Crippen molar-refractivity contribution < 1.29 is 9.53 Å². The van der Waals surface area contributed by atoms with Crippen LogP contribution < -0.4 is 10.6 Å². The van der Waals surface area contributed by atoms with Gasteiger partial charge in [0, 0.05) is 19.8 Å². The first-order valence-corrected chi connectivity index (χ1v) is 7.59. The molecule has 0 radical (unpaired) electrons. The predicted octanol–water partition coefficient (Wildman–Crippen LogP) is 2.79. The van der Waals surface area contributed by atoms with Crippen molar-refractivity contribution in [3.63, 3.8) is 0 Å². The number of carbonyl (C=O) groups is 1. The van der Waals surface area contributed by atoms with E-state index in [4.69, 9.17) is 4.74 Å². The van der Waals surface area contributed by atoms with Crippen LogP contribution in [0.15, 0.2) is 24.3 Å². The maximum atomic E-state index is 12.1. The zero-order valence-electron chi connectivity index (χ0n) is 14.3. The summed E-state index contributed by atoms with van der Waals surface area (Å²) < 4.78 is 7.07. The molecule has 0 unspecified atom stereocenters. The molecule has 23 heavy (non-hydrogen) atoms. The first-order valence-electron chi connectivity index (χ1n) is 7.59. The summed E-state index contributed by atoms with van der Waals surface area (Å²) in [5, 5.41) is 10.3. The number of carbonyl (C=O) groups excluding carboxylic acids is 1. The molecule has 1 aromatic heterocycles. The zero-order chi connectivity index (χ0) is 17.0. The van der Waals surface area contributed by atoms with E-state index in [1.165, 1.54) is 0 Å². The first-order chi connectivity index (χ1) is 10.9. The molecule has 0 aliphatic heterocycles. The molecule has 1 atom stereocenters. The largest absolute Gasteiger partial charge is 0.377 e. The van der Waals surface area contributed by atoms with Gasteiger partial charge in [0.15, 0.2) is 0 Å². The van der Waals surface area contributed by atoms with Gasteiger partial charge >= 0.3 is 0 Å². The van der Waals surface area contributed by atoms with Crippen LogP contribution in [-0.2, 0) is 16.6 Å². The third-order valence-electron chi connectivity index (χ3n) is 3.94. The number of anilines is 2. The molecule has 2 aromatic rings. The van der Waals surface area contributed by atoms with E-state index < -0.39 is 0 Å². The standard InChI is InChI=1S/C17H24N4O2/c1-11-17(12(2)21(4)20-11)19-16(22)10-18-15-8-6-7-14(9-15)13(3)23-5/h6-9,13,18H,10H2,1-5H3,(H,19,22)/t13-/m0/s1. The van der Waals surface area contributed by atoms with Crippen molar-refractivity contribution in [2.24, 2.45) is 7.05 Å². The van der Waals surface area contributed by atoms with Gasteiger partial charge in [0.2, 0.25) is 5.91 Å². The van der Waals surface area contributed by atoms with Crippen molar-refractivity contribution >= 4 is 17.3 Å². The smallest absolute Gasteiger partial charge is 0.243 e. The molecule has 1 amide bonds. The van der Waals surface area contributed by atoms with Crippen LogP contribution in [0.1, 0.15) is 30.0 Å². The van der Waals surface area contributed by atoms with Gasteiger partial charge in [0.05, 0.1) is 29.7 Å². The van der Waals surface area contributed by atoms with Crippen molar-refractivity contribution in [3.8, 4) is 0 Å². The van der Waals surface area contributed by atoms with E-state index in [1.807, 2.05) is 52.1 Å². The van der Waals surface area contributed by atoms with Crippen LogP contribution in [0.4, 0.5) is 11.4 Å². The molecule has 2 N–H and O–H groups in total. The second-order valence-electron chi connectivity index (χ2n) is 5.57. The van der Waals surface area contributed by atoms with Crippen LogP contribution in [0.5, 0.6) is 0 Å². The summed E-state index contributed by atoms with van der Waals surface area (Å²) in [7, 11) is 3.54. The van der Waals surface area contributed by atoms with E-state index in [9.17, 15) is 4.79 Å². The Morgan fingerprint density at radius 3 is 2.74 bits per heavy atom. The number of rotatable bonds is 6. The summed E-state index contributed by atoms with van der Waals surface area (Å²) in [5.41, 5.74) is 4.49. The van der Waals surface area contributed by atoms with Crippen LogP contribution in [0.25, 0.3) is 0 Å². The average molecular weight is 316 g/mol. The highest BCUT2D eigenvalue weighted by Crippen LogP contribution is 2.20. The lowest BCUT2D eigenvalue weighted by molar-refractivity contribution is -0.114. The molecule has 6 nitrogen and oxygen atoms in total. The van der Waals surface area contributed by atoms with Gasteiger partial charge in [-0.05, 0) is 38.5 Å². The Morgan fingerprint density at radius 2 is 2.13 bits per heavy atom. The number of aromatic nitrogens is 2. The summed E-state index contributed by atoms with van der Waals surface area (Å²) in [4.78, 5) is 12.1. The van der Waals surface area contributed by atoms with E-state index >= 15 is 0 Å². The van der Waals surface area contributed by atoms with Gasteiger partial charge in [-0.1, -0.05) is 12.1 Å². The average Bonchev–Trinajstić information content (AvgIpc) is 2.78. The highest BCUT2D eigenvalue weighted by molar-refractivity contribution is 5.94. The molecule has 0 fully saturated rings. The van der Waals surface area contributed by atoms with Crippen LogP contribution in [0.2, 0.25) is 0 Å². The van der Waals surface area contributed by atoms with Gasteiger partial charge in [-0.3, -0.25) is 9.48 Å². The minimum atomic E-state index is -0.102. The van der Waals surface area contributed by atoms with Gasteiger partial charge in [-0.2, -0.15) is 5.10 Å². The minimum absolute atomic E-state index is 0.0197. The molecule has 0 aliphatic rings. The number of methoxy groups -OCH3 is 1. The lowest BCUT2D eigenvalue weighted by Gasteiger charge is -2.12. The number of hydrogen-bond donors (Lipinski definition) is 2. The third kappa shape index (κ3) is 4.10. The maximum Gasteiger partial charge on any atom is 0.243 e. The molecule has 0 spiro atoms. The fourth-order valence-corrected chi connectivity index (χ4v) is 2.36. The Balaban J connectivity index is 1.97. The van der Waals surface area contributed by atoms with Crippen LogP contribution >= 0.6 is 0 Å². The van der Waals surface area contributed by atoms with Crippen molar-refractivity contribution in [2.75, 3.05) is 24.3 Å². The molecule has 1 heterocycles. The summed E-state index contributed by atoms with van der Waals surface area (Å²) in [6.07, 6.45) is 0.0197. The molecule has 6 heteroatoms. The van der Waals surface area contributed by atoms with Crippen molar-refractivity contribution in [1.29, 1.82) is 0 Å². The summed E-state index contributed by atoms with van der Waals surface area (Å²) in [6.45, 7) is 5.99. The topological polar surface area (TPSA) is 68.2 Å². The minimum Gasteiger partial charge on any atom is -0.377 e. The number of ether oxygens (including phenoxy) is 1. The summed E-state index contributed by atoms with van der Waals surface area (Å²) in [5.74, 6) is -0.102. The van der Waals surface area contributed by atoms with Crippen LogP contribution in [-0.4, -0.2) is 29.3 Å². The molecule has 124 valence electrons. The Morgan fingerprint density at radius 1 is 1.39 bits per heavy atom. The molecule has 2 rings (SSSR count). The Kier molecular flexibility index (Phi) is 5.39. The summed E-state index contributed by atoms with van der Waals surface area (Å²) in [6, 6.07) is 7.87. The van der Waals surface area contributed by atoms with Gasteiger partial charge < -0.3 is 15.4 Å². The van der Waals surface area contributed by atoms with Crippen molar-refractivity contribution in [2.45, 2.75) is 26.9 Å². The fourth-order valence-electron chi connectivity index (χ4n) is 2.36. The van der Waals surface area contributed by atoms with E-state index in [-0.39, 0.29) is 18.6 Å². The quantitative estimate of drug-likeness (QED) is 0.860. The number of nitrogens with one attached hydrogen (secondary N) is 2. The second-order valence-corrected chi connectivity index (χ2v) is 5.57. The molecule has 0 saturated carbocycles. The normalized spacial score (nSPS) is 12.0. The predicted molar refractivity (Wildman–Crippen MR) is 91.7 cm³/mol. The second kappa shape index (κ2) is 7.28. The number of nitrogens with zero attached hydrogens (tertiary/aromatic N) is 2. The van der Waals surface area contributed by atoms with Crippen molar-refractivity contribution in [1.82, 2.24) is 9.78 Å². The number of amides is 1. The molecule has 0 saturated heterocycles. The van der Waals surface area contributed by atoms with Crippen molar-refractivity contribution in [3.05, 3.63) is 41.2 Å². The molecule has 0 bridgehead atoms. The molecule has 0 aliphatic carbocycles. The molecule has 1 aromatic carbocycles. The Labute approximate surface area is 136 Å². The summed E-state index contributed by atoms with van der Waals surface area (Å²) >= 11 is 0. The Hall–Kier alpha value is -2.34. The monoisotopic (exact) mass is 316 g/mol. The van der Waals surface area contributed by atoms with Gasteiger partial charge in [0.1, 0.15) is 0 Å². The van der Waals surface area contributed by atoms with E-state index in [0.717, 1.165) is 28.3 Å². The van der Waals surface area contributed by atoms with Crippen LogP contribution in [0.3, 0.4) is 0 Å². The third-order valence-corrected chi connectivity index (χ3v) is 3.94. The van der Waals surface area contributed by atoms with Crippen LogP contribution in [0, 0.1) is 13.8 Å². The number of benzene rings is 1. The fraction of sp³-hybridized carbons (Fsp3) is 0.412. The highest BCUT2D eigenvalue weighted by Gasteiger charge is 2.12. The van der Waals surface area contributed by atoms with Gasteiger partial charge in [0.25, 0.3) is 0 Å². The zero-order valence-corrected chi connectivity index (χ0v) is 14.3. The highest BCUT2D eigenvalue weighted by atomic mass is 16.5. The van der Waals surface area contributed by atoms with E-state index in [0.29, 0.717) is 0 Å². The maximum absolute atomic E-state index is 12.1. The lowest BCUT2D eigenvalue weighted by Crippen LogP contribution is -2.22. The van der Waals surface area contributed by atoms with Gasteiger partial charge in [-0.15, -0.1) is 0 Å². The first kappa shape index (κ1) is 17.0.